The van der Waals surface area contributed by atoms with E-state index in [0.29, 0.717) is 17.1 Å². The molecular weight excluding hydrogens is 236 g/mol. The van der Waals surface area contributed by atoms with Crippen molar-refractivity contribution in [1.82, 2.24) is 14.9 Å². The third-order valence-electron chi connectivity index (χ3n) is 3.34. The third-order valence-corrected chi connectivity index (χ3v) is 3.53. The first-order chi connectivity index (χ1) is 8.08. The normalized spacial score (nSPS) is 25.4. The molecule has 2 N–H and O–H groups in total. The summed E-state index contributed by atoms with van der Waals surface area (Å²) in [6, 6.07) is 2.33. The second-order valence-corrected chi connectivity index (χ2v) is 5.25. The van der Waals surface area contributed by atoms with Crippen LogP contribution in [0.2, 0.25) is 5.15 Å². The summed E-state index contributed by atoms with van der Waals surface area (Å²) < 4.78 is 0. The van der Waals surface area contributed by atoms with Crippen molar-refractivity contribution in [1.29, 1.82) is 0 Å². The summed E-state index contributed by atoms with van der Waals surface area (Å²) in [4.78, 5) is 11.1. The van der Waals surface area contributed by atoms with E-state index in [1.165, 1.54) is 0 Å². The smallest absolute Gasteiger partial charge is 0.144 e. The second kappa shape index (κ2) is 5.29. The first-order valence-electron chi connectivity index (χ1n) is 6.02. The lowest BCUT2D eigenvalue weighted by Gasteiger charge is -2.20. The Hall–Kier alpha value is -0.710. The quantitative estimate of drug-likeness (QED) is 0.833. The van der Waals surface area contributed by atoms with Gasteiger partial charge in [-0.15, -0.1) is 0 Å². The topological polar surface area (TPSA) is 55.0 Å². The van der Waals surface area contributed by atoms with Crippen molar-refractivity contribution in [3.63, 3.8) is 0 Å². The Balaban J connectivity index is 2.05. The maximum Gasteiger partial charge on any atom is 0.144 e. The van der Waals surface area contributed by atoms with E-state index in [1.807, 2.05) is 6.92 Å². The first-order valence-corrected chi connectivity index (χ1v) is 6.40. The van der Waals surface area contributed by atoms with E-state index in [0.717, 1.165) is 37.6 Å². The molecule has 1 saturated heterocycles. The fourth-order valence-electron chi connectivity index (χ4n) is 2.45. The number of likely N-dealkylation sites (tertiary alicyclic amines) is 1. The summed E-state index contributed by atoms with van der Waals surface area (Å²) in [5.74, 6) is 1.41. The predicted molar refractivity (Wildman–Crippen MR) is 68.8 cm³/mol. The van der Waals surface area contributed by atoms with Crippen LogP contribution >= 0.6 is 11.6 Å². The van der Waals surface area contributed by atoms with Gasteiger partial charge >= 0.3 is 0 Å². The molecule has 1 aliphatic heterocycles. The minimum Gasteiger partial charge on any atom is -0.330 e. The molecule has 0 spiro atoms. The average molecular weight is 255 g/mol. The summed E-state index contributed by atoms with van der Waals surface area (Å²) in [5.41, 5.74) is 6.64. The first kappa shape index (κ1) is 12.7. The SMILES string of the molecule is Cc1cc(Cl)nc(CN2CC(CN)CC2C)n1. The lowest BCUT2D eigenvalue weighted by atomic mass is 10.1. The Morgan fingerprint density at radius 1 is 1.53 bits per heavy atom. The van der Waals surface area contributed by atoms with Crippen LogP contribution in [-0.2, 0) is 6.54 Å². The minimum atomic E-state index is 0.523. The summed E-state index contributed by atoms with van der Waals surface area (Å²) >= 11 is 5.94. The van der Waals surface area contributed by atoms with E-state index in [4.69, 9.17) is 17.3 Å². The van der Waals surface area contributed by atoms with Gasteiger partial charge in [0.15, 0.2) is 0 Å². The molecule has 2 unspecified atom stereocenters. The van der Waals surface area contributed by atoms with Crippen LogP contribution in [0.15, 0.2) is 6.07 Å². The summed E-state index contributed by atoms with van der Waals surface area (Å²) in [5, 5.41) is 0.523. The minimum absolute atomic E-state index is 0.523. The van der Waals surface area contributed by atoms with Crippen LogP contribution in [0.4, 0.5) is 0 Å². The van der Waals surface area contributed by atoms with Gasteiger partial charge in [0, 0.05) is 18.3 Å². The van der Waals surface area contributed by atoms with Crippen molar-refractivity contribution in [2.24, 2.45) is 11.7 Å². The monoisotopic (exact) mass is 254 g/mol. The van der Waals surface area contributed by atoms with E-state index in [-0.39, 0.29) is 0 Å². The fraction of sp³-hybridized carbons (Fsp3) is 0.667. The van der Waals surface area contributed by atoms with Crippen LogP contribution in [0.25, 0.3) is 0 Å². The van der Waals surface area contributed by atoms with Crippen LogP contribution in [0.3, 0.4) is 0 Å². The van der Waals surface area contributed by atoms with Crippen molar-refractivity contribution in [3.8, 4) is 0 Å². The molecule has 0 bridgehead atoms. The number of aromatic nitrogens is 2. The molecular formula is C12H19ClN4. The van der Waals surface area contributed by atoms with Crippen molar-refractivity contribution >= 4 is 11.6 Å². The van der Waals surface area contributed by atoms with E-state index in [1.54, 1.807) is 6.07 Å². The van der Waals surface area contributed by atoms with Gasteiger partial charge in [0.2, 0.25) is 0 Å². The molecule has 1 fully saturated rings. The molecule has 1 aromatic heterocycles. The number of rotatable bonds is 3. The summed E-state index contributed by atoms with van der Waals surface area (Å²) in [6.07, 6.45) is 1.16. The Bertz CT molecular complexity index is 376. The molecule has 0 amide bonds. The van der Waals surface area contributed by atoms with E-state index < -0.39 is 0 Å². The van der Waals surface area contributed by atoms with E-state index >= 15 is 0 Å². The zero-order valence-corrected chi connectivity index (χ0v) is 11.1. The van der Waals surface area contributed by atoms with Crippen LogP contribution in [0, 0.1) is 12.8 Å². The Kier molecular flexibility index (Phi) is 3.97. The van der Waals surface area contributed by atoms with Gasteiger partial charge in [0.25, 0.3) is 0 Å². The average Bonchev–Trinajstić information content (AvgIpc) is 2.58. The maximum absolute atomic E-state index is 5.94. The maximum atomic E-state index is 5.94. The van der Waals surface area contributed by atoms with Gasteiger partial charge in [-0.25, -0.2) is 9.97 Å². The van der Waals surface area contributed by atoms with Gasteiger partial charge in [-0.3, -0.25) is 4.90 Å². The number of nitrogens with two attached hydrogens (primary N) is 1. The molecule has 4 nitrogen and oxygen atoms in total. The molecule has 0 radical (unpaired) electrons. The van der Waals surface area contributed by atoms with Crippen molar-refractivity contribution in [2.75, 3.05) is 13.1 Å². The van der Waals surface area contributed by atoms with Gasteiger partial charge in [-0.2, -0.15) is 0 Å². The number of halogens is 1. The van der Waals surface area contributed by atoms with Crippen LogP contribution < -0.4 is 5.73 Å². The van der Waals surface area contributed by atoms with Gasteiger partial charge < -0.3 is 5.73 Å². The number of aryl methyl sites for hydroxylation is 1. The molecule has 2 heterocycles. The van der Waals surface area contributed by atoms with Crippen LogP contribution in [0.5, 0.6) is 0 Å². The Morgan fingerprint density at radius 2 is 2.29 bits per heavy atom. The van der Waals surface area contributed by atoms with Crippen molar-refractivity contribution in [3.05, 3.63) is 22.7 Å². The van der Waals surface area contributed by atoms with Crippen LogP contribution in [0.1, 0.15) is 24.9 Å². The van der Waals surface area contributed by atoms with Gasteiger partial charge in [-0.05, 0) is 38.8 Å². The Morgan fingerprint density at radius 3 is 2.88 bits per heavy atom. The van der Waals surface area contributed by atoms with Gasteiger partial charge in [0.05, 0.1) is 6.54 Å². The molecule has 2 atom stereocenters. The fourth-order valence-corrected chi connectivity index (χ4v) is 2.71. The van der Waals surface area contributed by atoms with Gasteiger partial charge in [0.1, 0.15) is 11.0 Å². The lowest BCUT2D eigenvalue weighted by Crippen LogP contribution is -2.28. The number of hydrogen-bond acceptors (Lipinski definition) is 4. The molecule has 0 aliphatic carbocycles. The second-order valence-electron chi connectivity index (χ2n) is 4.86. The largest absolute Gasteiger partial charge is 0.330 e. The zero-order valence-electron chi connectivity index (χ0n) is 10.4. The highest BCUT2D eigenvalue weighted by atomic mass is 35.5. The van der Waals surface area contributed by atoms with Crippen molar-refractivity contribution in [2.45, 2.75) is 32.9 Å². The Labute approximate surface area is 107 Å². The summed E-state index contributed by atoms with van der Waals surface area (Å²) in [7, 11) is 0. The zero-order chi connectivity index (χ0) is 12.4. The molecule has 17 heavy (non-hydrogen) atoms. The van der Waals surface area contributed by atoms with Crippen LogP contribution in [-0.4, -0.2) is 34.0 Å². The highest BCUT2D eigenvalue weighted by Crippen LogP contribution is 2.23. The summed E-state index contributed by atoms with van der Waals surface area (Å²) in [6.45, 7) is 6.72. The highest BCUT2D eigenvalue weighted by Gasteiger charge is 2.28. The number of hydrogen-bond donors (Lipinski definition) is 1. The standard InChI is InChI=1S/C12H19ClN4/c1-8-3-11(13)16-12(15-8)7-17-6-10(5-14)4-9(17)2/h3,9-10H,4-7,14H2,1-2H3. The van der Waals surface area contributed by atoms with E-state index in [2.05, 4.69) is 21.8 Å². The molecule has 1 aliphatic rings. The molecule has 5 heteroatoms. The molecule has 2 rings (SSSR count). The van der Waals surface area contributed by atoms with E-state index in [9.17, 15) is 0 Å². The van der Waals surface area contributed by atoms with Crippen molar-refractivity contribution < 1.29 is 0 Å². The lowest BCUT2D eigenvalue weighted by molar-refractivity contribution is 0.249. The molecule has 1 aromatic rings. The third kappa shape index (κ3) is 3.15. The molecule has 0 aromatic carbocycles. The molecule has 94 valence electrons. The van der Waals surface area contributed by atoms with Gasteiger partial charge in [-0.1, -0.05) is 11.6 Å². The highest BCUT2D eigenvalue weighted by molar-refractivity contribution is 6.29. The predicted octanol–water partition coefficient (Wildman–Crippen LogP) is 1.61. The molecule has 0 saturated carbocycles. The number of nitrogens with zero attached hydrogens (tertiary/aromatic N) is 3.